The van der Waals surface area contributed by atoms with Gasteiger partial charge in [0.1, 0.15) is 12.4 Å². The summed E-state index contributed by atoms with van der Waals surface area (Å²) in [6.45, 7) is 11.7. The second-order valence-electron chi connectivity index (χ2n) is 8.76. The van der Waals surface area contributed by atoms with Gasteiger partial charge in [0.15, 0.2) is 11.8 Å². The monoisotopic (exact) mass is 418 g/mol. The number of aryl methyl sites for hydroxylation is 1. The summed E-state index contributed by atoms with van der Waals surface area (Å²) in [6.07, 6.45) is 2.55. The minimum Gasteiger partial charge on any atom is -0.377 e. The lowest BCUT2D eigenvalue weighted by molar-refractivity contribution is -0.0835. The zero-order chi connectivity index (χ0) is 20.9. The molecule has 2 unspecified atom stereocenters. The van der Waals surface area contributed by atoms with Crippen LogP contribution in [0.4, 0.5) is 0 Å². The van der Waals surface area contributed by atoms with Gasteiger partial charge in [-0.1, -0.05) is 26.8 Å². The molecule has 2 aromatic rings. The van der Waals surface area contributed by atoms with Crippen molar-refractivity contribution >= 4 is 17.3 Å². The molecule has 7 nitrogen and oxygen atoms in total. The second-order valence-corrected chi connectivity index (χ2v) is 9.79. The summed E-state index contributed by atoms with van der Waals surface area (Å²) >= 11 is 1.74. The maximum atomic E-state index is 6.13. The Morgan fingerprint density at radius 1 is 1.34 bits per heavy atom. The van der Waals surface area contributed by atoms with Crippen LogP contribution in [-0.2, 0) is 24.9 Å². The average Bonchev–Trinajstić information content (AvgIpc) is 3.32. The summed E-state index contributed by atoms with van der Waals surface area (Å²) in [5, 5.41) is 17.5. The van der Waals surface area contributed by atoms with Gasteiger partial charge in [-0.2, -0.15) is 0 Å². The van der Waals surface area contributed by atoms with Gasteiger partial charge < -0.3 is 19.9 Å². The van der Waals surface area contributed by atoms with Crippen molar-refractivity contribution in [3.05, 3.63) is 34.0 Å². The first-order chi connectivity index (χ1) is 13.8. The summed E-state index contributed by atoms with van der Waals surface area (Å²) in [6, 6.07) is 4.20. The molecular formula is C21H34N6OS. The van der Waals surface area contributed by atoms with Gasteiger partial charge in [0.25, 0.3) is 0 Å². The van der Waals surface area contributed by atoms with Gasteiger partial charge in [-0.05, 0) is 36.6 Å². The average molecular weight is 419 g/mol. The molecule has 0 spiro atoms. The number of hydrogen-bond donors (Lipinski definition) is 2. The first-order valence-corrected chi connectivity index (χ1v) is 11.2. The molecule has 1 aliphatic heterocycles. The molecule has 1 saturated heterocycles. The number of nitrogens with zero attached hydrogens (tertiary/aromatic N) is 4. The fourth-order valence-electron chi connectivity index (χ4n) is 3.73. The van der Waals surface area contributed by atoms with Crippen molar-refractivity contribution in [2.24, 2.45) is 23.4 Å². The highest BCUT2D eigenvalue weighted by atomic mass is 32.1. The summed E-state index contributed by atoms with van der Waals surface area (Å²) in [4.78, 5) is 6.05. The molecule has 0 amide bonds. The largest absolute Gasteiger partial charge is 0.377 e. The van der Waals surface area contributed by atoms with Crippen LogP contribution in [0.3, 0.4) is 0 Å². The van der Waals surface area contributed by atoms with Crippen LogP contribution < -0.4 is 10.6 Å². The van der Waals surface area contributed by atoms with Gasteiger partial charge in [0, 0.05) is 31.0 Å². The lowest BCUT2D eigenvalue weighted by Crippen LogP contribution is -2.47. The summed E-state index contributed by atoms with van der Waals surface area (Å²) in [5.74, 6) is 3.02. The van der Waals surface area contributed by atoms with Crippen LogP contribution in [0.1, 0.15) is 50.1 Å². The molecule has 3 rings (SSSR count). The number of aromatic nitrogens is 3. The maximum Gasteiger partial charge on any atom is 0.192 e. The Hall–Kier alpha value is -1.93. The van der Waals surface area contributed by atoms with Crippen LogP contribution in [0.5, 0.6) is 0 Å². The molecule has 1 aliphatic rings. The Balaban J connectivity index is 1.66. The zero-order valence-corrected chi connectivity index (χ0v) is 19.1. The summed E-state index contributed by atoms with van der Waals surface area (Å²) < 4.78 is 8.11. The number of ether oxygens (including phenoxy) is 1. The first kappa shape index (κ1) is 21.8. The number of guanidine groups is 1. The summed E-state index contributed by atoms with van der Waals surface area (Å²) in [5.41, 5.74) is 0.130. The van der Waals surface area contributed by atoms with E-state index in [2.05, 4.69) is 59.1 Å². The van der Waals surface area contributed by atoms with Crippen LogP contribution in [-0.4, -0.2) is 40.0 Å². The van der Waals surface area contributed by atoms with Gasteiger partial charge >= 0.3 is 0 Å². The Labute approximate surface area is 178 Å². The van der Waals surface area contributed by atoms with Crippen molar-refractivity contribution in [1.82, 2.24) is 25.4 Å². The van der Waals surface area contributed by atoms with Gasteiger partial charge in [-0.25, -0.2) is 4.99 Å². The highest BCUT2D eigenvalue weighted by molar-refractivity contribution is 7.09. The predicted molar refractivity (Wildman–Crippen MR) is 118 cm³/mol. The zero-order valence-electron chi connectivity index (χ0n) is 18.2. The van der Waals surface area contributed by atoms with Gasteiger partial charge in [-0.15, -0.1) is 21.5 Å². The molecule has 29 heavy (non-hydrogen) atoms. The van der Waals surface area contributed by atoms with E-state index in [0.717, 1.165) is 43.7 Å². The maximum absolute atomic E-state index is 6.13. The SMILES string of the molecule is Cc1nnc(CN=C(NCc2cccs2)NCC2CCCOC2C(C)(C)C)n1C. The van der Waals surface area contributed by atoms with E-state index in [1.165, 1.54) is 11.3 Å². The fraction of sp³-hybridized carbons (Fsp3) is 0.667. The van der Waals surface area contributed by atoms with E-state index < -0.39 is 0 Å². The number of aliphatic imine (C=N–C) groups is 1. The lowest BCUT2D eigenvalue weighted by Gasteiger charge is -2.40. The molecule has 0 saturated carbocycles. The molecular weight excluding hydrogens is 384 g/mol. The van der Waals surface area contributed by atoms with E-state index in [9.17, 15) is 0 Å². The number of hydrogen-bond acceptors (Lipinski definition) is 5. The first-order valence-electron chi connectivity index (χ1n) is 10.4. The quantitative estimate of drug-likeness (QED) is 0.556. The molecule has 0 aliphatic carbocycles. The highest BCUT2D eigenvalue weighted by Gasteiger charge is 2.35. The van der Waals surface area contributed by atoms with E-state index in [1.54, 1.807) is 11.3 Å². The Morgan fingerprint density at radius 3 is 2.83 bits per heavy atom. The van der Waals surface area contributed by atoms with Gasteiger partial charge in [-0.3, -0.25) is 0 Å². The van der Waals surface area contributed by atoms with Crippen molar-refractivity contribution < 1.29 is 4.74 Å². The third-order valence-electron chi connectivity index (χ3n) is 5.40. The third kappa shape index (κ3) is 6.02. The molecule has 8 heteroatoms. The Kier molecular flexibility index (Phi) is 7.29. The van der Waals surface area contributed by atoms with Crippen molar-refractivity contribution in [3.63, 3.8) is 0 Å². The molecule has 2 aromatic heterocycles. The highest BCUT2D eigenvalue weighted by Crippen LogP contribution is 2.33. The van der Waals surface area contributed by atoms with Crippen LogP contribution in [0, 0.1) is 18.3 Å². The third-order valence-corrected chi connectivity index (χ3v) is 6.28. The molecule has 2 N–H and O–H groups in total. The topological polar surface area (TPSA) is 76.4 Å². The second kappa shape index (κ2) is 9.71. The molecule has 1 fully saturated rings. The van der Waals surface area contributed by atoms with E-state index >= 15 is 0 Å². The van der Waals surface area contributed by atoms with E-state index in [-0.39, 0.29) is 11.5 Å². The van der Waals surface area contributed by atoms with Crippen molar-refractivity contribution in [2.45, 2.75) is 59.7 Å². The minimum absolute atomic E-state index is 0.130. The van der Waals surface area contributed by atoms with Gasteiger partial charge in [0.2, 0.25) is 0 Å². The van der Waals surface area contributed by atoms with Gasteiger partial charge in [0.05, 0.1) is 12.6 Å². The smallest absolute Gasteiger partial charge is 0.192 e. The molecule has 0 bridgehead atoms. The fourth-order valence-corrected chi connectivity index (χ4v) is 4.38. The Morgan fingerprint density at radius 2 is 2.17 bits per heavy atom. The predicted octanol–water partition coefficient (Wildman–Crippen LogP) is 3.26. The number of thiophene rings is 1. The van der Waals surface area contributed by atoms with Crippen LogP contribution in [0.15, 0.2) is 22.5 Å². The molecule has 160 valence electrons. The van der Waals surface area contributed by atoms with Crippen molar-refractivity contribution in [2.75, 3.05) is 13.2 Å². The number of nitrogens with one attached hydrogen (secondary N) is 2. The molecule has 0 aromatic carbocycles. The molecule has 0 radical (unpaired) electrons. The number of rotatable bonds is 6. The van der Waals surface area contributed by atoms with Crippen molar-refractivity contribution in [1.29, 1.82) is 0 Å². The molecule has 3 heterocycles. The standard InChI is InChI=1S/C21H34N6OS/c1-15-25-26-18(27(15)5)14-24-20(23-13-17-9-7-11-29-17)22-12-16-8-6-10-28-19(16)21(2,3)4/h7,9,11,16,19H,6,8,10,12-14H2,1-5H3,(H2,22,23,24). The van der Waals surface area contributed by atoms with Crippen molar-refractivity contribution in [3.8, 4) is 0 Å². The minimum atomic E-state index is 0.130. The normalized spacial score (nSPS) is 20.7. The Bertz CT molecular complexity index is 793. The van der Waals surface area contributed by atoms with E-state index in [0.29, 0.717) is 12.5 Å². The summed E-state index contributed by atoms with van der Waals surface area (Å²) in [7, 11) is 1.97. The van der Waals surface area contributed by atoms with Crippen LogP contribution >= 0.6 is 11.3 Å². The lowest BCUT2D eigenvalue weighted by atomic mass is 9.78. The van der Waals surface area contributed by atoms with Crippen LogP contribution in [0.25, 0.3) is 0 Å². The van der Waals surface area contributed by atoms with E-state index in [1.807, 2.05) is 18.5 Å². The van der Waals surface area contributed by atoms with Crippen LogP contribution in [0.2, 0.25) is 0 Å². The molecule has 2 atom stereocenters. The van der Waals surface area contributed by atoms with E-state index in [4.69, 9.17) is 9.73 Å².